The van der Waals surface area contributed by atoms with Gasteiger partial charge in [-0.05, 0) is 55.7 Å². The second-order valence-corrected chi connectivity index (χ2v) is 6.67. The van der Waals surface area contributed by atoms with Crippen LogP contribution in [0.4, 0.5) is 5.69 Å². The lowest BCUT2D eigenvalue weighted by Crippen LogP contribution is -2.25. The highest BCUT2D eigenvalue weighted by Crippen LogP contribution is 2.31. The van der Waals surface area contributed by atoms with Crippen molar-refractivity contribution in [3.63, 3.8) is 0 Å². The Bertz CT molecular complexity index is 1020. The van der Waals surface area contributed by atoms with Crippen molar-refractivity contribution in [3.05, 3.63) is 64.7 Å². The number of anilines is 1. The molecule has 0 radical (unpaired) electrons. The van der Waals surface area contributed by atoms with Crippen LogP contribution in [0, 0.1) is 20.8 Å². The van der Waals surface area contributed by atoms with Crippen molar-refractivity contribution in [3.8, 4) is 0 Å². The molecular formula is C20H20N4O. The Hall–Kier alpha value is -3.08. The fourth-order valence-electron chi connectivity index (χ4n) is 3.47. The van der Waals surface area contributed by atoms with Crippen molar-refractivity contribution in [2.45, 2.75) is 20.8 Å². The number of hydrogen-bond donors (Lipinski definition) is 2. The van der Waals surface area contributed by atoms with Gasteiger partial charge in [0.25, 0.3) is 0 Å². The molecule has 25 heavy (non-hydrogen) atoms. The van der Waals surface area contributed by atoms with E-state index in [-0.39, 0.29) is 12.3 Å². The number of carbonyl (C=O) groups is 1. The Kier molecular flexibility index (Phi) is 3.39. The standard InChI is InChI=1S/C20H20N4O/c1-11-7-12(2)9-14(8-11)24-10-16(25)17(19(24)21)20-22-15-6-4-5-13(3)18(15)23-20/h4-9H,10,21H2,1-3H3,(H,22,23). The highest BCUT2D eigenvalue weighted by molar-refractivity contribution is 6.26. The van der Waals surface area contributed by atoms with Gasteiger partial charge in [-0.1, -0.05) is 18.2 Å². The molecule has 0 amide bonds. The Morgan fingerprint density at radius 2 is 1.84 bits per heavy atom. The van der Waals surface area contributed by atoms with E-state index in [1.54, 1.807) is 0 Å². The quantitative estimate of drug-likeness (QED) is 0.756. The minimum absolute atomic E-state index is 0.0200. The largest absolute Gasteiger partial charge is 0.384 e. The van der Waals surface area contributed by atoms with Gasteiger partial charge in [0.15, 0.2) is 5.78 Å². The van der Waals surface area contributed by atoms with Crippen LogP contribution in [0.2, 0.25) is 0 Å². The predicted molar refractivity (Wildman–Crippen MR) is 100 cm³/mol. The third-order valence-electron chi connectivity index (χ3n) is 4.60. The number of aromatic nitrogens is 2. The number of H-pyrrole nitrogens is 1. The Balaban J connectivity index is 1.83. The molecule has 2 heterocycles. The summed E-state index contributed by atoms with van der Waals surface area (Å²) in [4.78, 5) is 22.4. The SMILES string of the molecule is Cc1cc(C)cc(N2CC(=O)C(c3nc4c(C)cccc4[nH]3)=C2N)c1. The normalized spacial score (nSPS) is 14.8. The van der Waals surface area contributed by atoms with E-state index in [4.69, 9.17) is 5.73 Å². The van der Waals surface area contributed by atoms with Crippen LogP contribution >= 0.6 is 0 Å². The first-order chi connectivity index (χ1) is 11.9. The zero-order valence-corrected chi connectivity index (χ0v) is 14.6. The number of fused-ring (bicyclic) bond motifs is 1. The van der Waals surface area contributed by atoms with Crippen molar-refractivity contribution >= 4 is 28.1 Å². The monoisotopic (exact) mass is 332 g/mol. The fraction of sp³-hybridized carbons (Fsp3) is 0.200. The Morgan fingerprint density at radius 1 is 1.12 bits per heavy atom. The number of imidazole rings is 1. The van der Waals surface area contributed by atoms with Crippen molar-refractivity contribution < 1.29 is 4.79 Å². The van der Waals surface area contributed by atoms with Gasteiger partial charge in [-0.15, -0.1) is 0 Å². The second kappa shape index (κ2) is 5.48. The molecule has 0 spiro atoms. The number of rotatable bonds is 2. The van der Waals surface area contributed by atoms with Crippen LogP contribution in [-0.2, 0) is 4.79 Å². The summed E-state index contributed by atoms with van der Waals surface area (Å²) in [6, 6.07) is 12.1. The summed E-state index contributed by atoms with van der Waals surface area (Å²) in [6.45, 7) is 6.32. The number of aromatic amines is 1. The minimum Gasteiger partial charge on any atom is -0.384 e. The van der Waals surface area contributed by atoms with Crippen LogP contribution in [0.5, 0.6) is 0 Å². The molecular weight excluding hydrogens is 312 g/mol. The number of para-hydroxylation sites is 1. The van der Waals surface area contributed by atoms with Gasteiger partial charge >= 0.3 is 0 Å². The summed E-state index contributed by atoms with van der Waals surface area (Å²) in [5.41, 5.74) is 12.9. The molecule has 5 nitrogen and oxygen atoms in total. The number of nitrogens with two attached hydrogens (primary N) is 1. The first-order valence-corrected chi connectivity index (χ1v) is 8.28. The molecule has 0 bridgehead atoms. The van der Waals surface area contributed by atoms with Crippen LogP contribution in [0.1, 0.15) is 22.5 Å². The summed E-state index contributed by atoms with van der Waals surface area (Å²) in [5.74, 6) is 0.971. The fourth-order valence-corrected chi connectivity index (χ4v) is 3.47. The number of ketones is 1. The van der Waals surface area contributed by atoms with E-state index in [1.807, 2.05) is 56.0 Å². The van der Waals surface area contributed by atoms with E-state index in [0.717, 1.165) is 33.4 Å². The van der Waals surface area contributed by atoms with Crippen LogP contribution < -0.4 is 10.6 Å². The highest BCUT2D eigenvalue weighted by atomic mass is 16.1. The zero-order chi connectivity index (χ0) is 17.7. The summed E-state index contributed by atoms with van der Waals surface area (Å²) in [5, 5.41) is 0. The number of aryl methyl sites for hydroxylation is 3. The van der Waals surface area contributed by atoms with E-state index in [1.165, 1.54) is 0 Å². The van der Waals surface area contributed by atoms with Crippen LogP contribution in [0.3, 0.4) is 0 Å². The Morgan fingerprint density at radius 3 is 2.52 bits per heavy atom. The van der Waals surface area contributed by atoms with E-state index >= 15 is 0 Å². The van der Waals surface area contributed by atoms with Crippen LogP contribution in [-0.4, -0.2) is 22.3 Å². The maximum absolute atomic E-state index is 12.7. The minimum atomic E-state index is -0.0200. The lowest BCUT2D eigenvalue weighted by Gasteiger charge is -2.19. The molecule has 1 aromatic heterocycles. The topological polar surface area (TPSA) is 75.0 Å². The summed E-state index contributed by atoms with van der Waals surface area (Å²) < 4.78 is 0. The Labute approximate surface area is 146 Å². The molecule has 0 saturated heterocycles. The van der Waals surface area contributed by atoms with Gasteiger partial charge in [-0.2, -0.15) is 0 Å². The van der Waals surface area contributed by atoms with Gasteiger partial charge in [-0.3, -0.25) is 4.79 Å². The van der Waals surface area contributed by atoms with Gasteiger partial charge in [-0.25, -0.2) is 4.98 Å². The highest BCUT2D eigenvalue weighted by Gasteiger charge is 2.32. The molecule has 1 aliphatic rings. The lowest BCUT2D eigenvalue weighted by atomic mass is 10.1. The lowest BCUT2D eigenvalue weighted by molar-refractivity contribution is -0.112. The van der Waals surface area contributed by atoms with E-state index in [2.05, 4.69) is 16.0 Å². The maximum atomic E-state index is 12.7. The van der Waals surface area contributed by atoms with Crippen molar-refractivity contribution in [2.75, 3.05) is 11.4 Å². The number of carbonyl (C=O) groups excluding carboxylic acids is 1. The molecule has 3 aromatic rings. The first-order valence-electron chi connectivity index (χ1n) is 8.28. The van der Waals surface area contributed by atoms with Gasteiger partial charge in [0.1, 0.15) is 17.2 Å². The predicted octanol–water partition coefficient (Wildman–Crippen LogP) is 3.20. The number of benzene rings is 2. The third kappa shape index (κ3) is 2.48. The molecule has 0 unspecified atom stereocenters. The zero-order valence-electron chi connectivity index (χ0n) is 14.6. The first kappa shape index (κ1) is 15.4. The van der Waals surface area contributed by atoms with Gasteiger partial charge in [0, 0.05) is 5.69 Å². The van der Waals surface area contributed by atoms with Crippen LogP contribution in [0.25, 0.3) is 16.6 Å². The average molecular weight is 332 g/mol. The van der Waals surface area contributed by atoms with Crippen molar-refractivity contribution in [2.24, 2.45) is 5.73 Å². The molecule has 1 aliphatic heterocycles. The molecule has 0 atom stereocenters. The molecule has 4 rings (SSSR count). The number of nitrogens with one attached hydrogen (secondary N) is 1. The van der Waals surface area contributed by atoms with E-state index < -0.39 is 0 Å². The average Bonchev–Trinajstić information content (AvgIpc) is 3.08. The second-order valence-electron chi connectivity index (χ2n) is 6.67. The maximum Gasteiger partial charge on any atom is 0.189 e. The van der Waals surface area contributed by atoms with Crippen molar-refractivity contribution in [1.29, 1.82) is 0 Å². The summed E-state index contributed by atoms with van der Waals surface area (Å²) in [6.07, 6.45) is 0. The van der Waals surface area contributed by atoms with Crippen LogP contribution in [0.15, 0.2) is 42.2 Å². The number of nitrogens with zero attached hydrogens (tertiary/aromatic N) is 2. The smallest absolute Gasteiger partial charge is 0.189 e. The van der Waals surface area contributed by atoms with Gasteiger partial charge in [0.05, 0.1) is 17.6 Å². The van der Waals surface area contributed by atoms with Crippen molar-refractivity contribution in [1.82, 2.24) is 9.97 Å². The molecule has 0 saturated carbocycles. The summed E-state index contributed by atoms with van der Waals surface area (Å²) >= 11 is 0. The molecule has 5 heteroatoms. The van der Waals surface area contributed by atoms with Gasteiger partial charge in [0.2, 0.25) is 0 Å². The summed E-state index contributed by atoms with van der Waals surface area (Å²) in [7, 11) is 0. The number of hydrogen-bond acceptors (Lipinski definition) is 4. The molecule has 2 aromatic carbocycles. The van der Waals surface area contributed by atoms with Gasteiger partial charge < -0.3 is 15.6 Å². The van der Waals surface area contributed by atoms with E-state index in [9.17, 15) is 4.79 Å². The molecule has 0 fully saturated rings. The molecule has 126 valence electrons. The molecule has 3 N–H and O–H groups in total. The third-order valence-corrected chi connectivity index (χ3v) is 4.60. The number of Topliss-reactive ketones (excluding diaryl/α,β-unsaturated/α-hetero) is 1. The van der Waals surface area contributed by atoms with E-state index in [0.29, 0.717) is 17.2 Å². The molecule has 0 aliphatic carbocycles.